The molecule has 0 fully saturated rings. The van der Waals surface area contributed by atoms with Crippen molar-refractivity contribution in [2.24, 2.45) is 5.73 Å². The predicted molar refractivity (Wildman–Crippen MR) is 275 cm³/mol. The van der Waals surface area contributed by atoms with Gasteiger partial charge in [-0.1, -0.05) is 223 Å². The number of hydrogen-bond donors (Lipinski definition) is 2. The van der Waals surface area contributed by atoms with Gasteiger partial charge >= 0.3 is 13.8 Å². The smallest absolute Gasteiger partial charge is 0.457 e. The molecule has 0 aliphatic carbocycles. The Balaban J connectivity index is 3.94. The van der Waals surface area contributed by atoms with Crippen LogP contribution in [0.25, 0.3) is 0 Å². The SMILES string of the molecule is CCCCCCC/C=C\C/C=C\C/C=C\CCCCCCCCCOCC(COP(=O)(O)OCCN)OC(=O)CCCCCCCCCCCCC/C=C\CCCCCCCCCC. The number of unbranched alkanes of at least 4 members (excludes halogenated alkanes) is 31. The molecule has 0 radical (unpaired) electrons. The molecular weight excluding hydrogens is 818 g/mol. The first-order valence-electron chi connectivity index (χ1n) is 27.1. The molecule has 0 saturated heterocycles. The van der Waals surface area contributed by atoms with Crippen LogP contribution in [0.3, 0.4) is 0 Å². The highest BCUT2D eigenvalue weighted by Gasteiger charge is 2.25. The molecule has 0 aromatic carbocycles. The van der Waals surface area contributed by atoms with Crippen LogP contribution in [0.2, 0.25) is 0 Å². The number of rotatable bonds is 52. The van der Waals surface area contributed by atoms with Crippen molar-refractivity contribution >= 4 is 13.8 Å². The molecule has 0 spiro atoms. The fourth-order valence-electron chi connectivity index (χ4n) is 7.71. The van der Waals surface area contributed by atoms with Crippen molar-refractivity contribution in [2.45, 2.75) is 264 Å². The lowest BCUT2D eigenvalue weighted by molar-refractivity contribution is -0.154. The van der Waals surface area contributed by atoms with Crippen LogP contribution in [0.15, 0.2) is 48.6 Å². The van der Waals surface area contributed by atoms with Crippen molar-refractivity contribution in [1.82, 2.24) is 0 Å². The van der Waals surface area contributed by atoms with Gasteiger partial charge in [-0.05, 0) is 77.0 Å². The molecular formula is C55H104NO7P. The van der Waals surface area contributed by atoms with Crippen LogP contribution in [0.1, 0.15) is 258 Å². The molecule has 0 aliphatic rings. The lowest BCUT2D eigenvalue weighted by atomic mass is 10.0. The topological polar surface area (TPSA) is 117 Å². The monoisotopic (exact) mass is 922 g/mol. The molecule has 9 heteroatoms. The van der Waals surface area contributed by atoms with Crippen LogP contribution in [-0.4, -0.2) is 49.9 Å². The minimum Gasteiger partial charge on any atom is -0.457 e. The van der Waals surface area contributed by atoms with E-state index >= 15 is 0 Å². The predicted octanol–water partition coefficient (Wildman–Crippen LogP) is 17.1. The van der Waals surface area contributed by atoms with E-state index in [2.05, 4.69) is 62.5 Å². The summed E-state index contributed by atoms with van der Waals surface area (Å²) in [6.07, 6.45) is 64.3. The van der Waals surface area contributed by atoms with Gasteiger partial charge in [0.05, 0.1) is 19.8 Å². The van der Waals surface area contributed by atoms with Gasteiger partial charge in [-0.2, -0.15) is 0 Å². The van der Waals surface area contributed by atoms with Crippen molar-refractivity contribution < 1.29 is 32.8 Å². The summed E-state index contributed by atoms with van der Waals surface area (Å²) in [5.41, 5.74) is 5.39. The lowest BCUT2D eigenvalue weighted by Crippen LogP contribution is -2.28. The highest BCUT2D eigenvalue weighted by atomic mass is 31.2. The van der Waals surface area contributed by atoms with Crippen molar-refractivity contribution in [3.63, 3.8) is 0 Å². The summed E-state index contributed by atoms with van der Waals surface area (Å²) in [7, 11) is -4.29. The van der Waals surface area contributed by atoms with E-state index in [1.807, 2.05) is 0 Å². The number of ether oxygens (including phenoxy) is 2. The zero-order chi connectivity index (χ0) is 46.5. The first-order chi connectivity index (χ1) is 31.4. The first kappa shape index (κ1) is 62.5. The average Bonchev–Trinajstić information content (AvgIpc) is 3.29. The number of phosphoric ester groups is 1. The Morgan fingerprint density at radius 2 is 0.828 bits per heavy atom. The largest absolute Gasteiger partial charge is 0.472 e. The normalized spacial score (nSPS) is 13.6. The zero-order valence-electron chi connectivity index (χ0n) is 42.0. The molecule has 0 aromatic rings. The van der Waals surface area contributed by atoms with Crippen molar-refractivity contribution in [1.29, 1.82) is 0 Å². The van der Waals surface area contributed by atoms with E-state index in [9.17, 15) is 14.3 Å². The molecule has 0 heterocycles. The Bertz CT molecular complexity index is 1130. The minimum atomic E-state index is -4.29. The van der Waals surface area contributed by atoms with Gasteiger partial charge in [-0.3, -0.25) is 13.8 Å². The first-order valence-corrected chi connectivity index (χ1v) is 28.6. The minimum absolute atomic E-state index is 0.0977. The second-order valence-corrected chi connectivity index (χ2v) is 19.5. The highest BCUT2D eigenvalue weighted by Crippen LogP contribution is 2.43. The number of carbonyl (C=O) groups excluding carboxylic acids is 1. The van der Waals surface area contributed by atoms with E-state index in [0.717, 1.165) is 51.4 Å². The van der Waals surface area contributed by atoms with Crippen LogP contribution in [0.5, 0.6) is 0 Å². The van der Waals surface area contributed by atoms with Crippen LogP contribution >= 0.6 is 7.82 Å². The van der Waals surface area contributed by atoms with Crippen LogP contribution in [0.4, 0.5) is 0 Å². The molecule has 8 nitrogen and oxygen atoms in total. The summed E-state index contributed by atoms with van der Waals surface area (Å²) >= 11 is 0. The number of esters is 1. The van der Waals surface area contributed by atoms with Gasteiger partial charge in [0, 0.05) is 19.6 Å². The molecule has 0 amide bonds. The standard InChI is InChI=1S/C55H104NO7P/c1-3-5-7-9-11-13-15-17-19-21-23-25-27-28-30-32-34-36-38-40-42-44-46-48-55(57)63-54(53-62-64(58,59)61-51-49-56)52-60-50-47-45-43-41-39-37-35-33-31-29-26-24-22-20-18-16-14-12-10-8-6-4-2/h16,18,21-24,29,31,54H,3-15,17,19-20,25-28,30,32-53,56H2,1-2H3,(H,58,59)/b18-16-,23-21-,24-22-,31-29-. The Hall–Kier alpha value is -1.54. The molecule has 0 aromatic heterocycles. The molecule has 376 valence electrons. The summed E-state index contributed by atoms with van der Waals surface area (Å²) in [5, 5.41) is 0. The highest BCUT2D eigenvalue weighted by molar-refractivity contribution is 7.47. The number of allylic oxidation sites excluding steroid dienone is 8. The third-order valence-corrected chi connectivity index (χ3v) is 12.7. The Morgan fingerprint density at radius 3 is 1.25 bits per heavy atom. The zero-order valence-corrected chi connectivity index (χ0v) is 42.9. The Morgan fingerprint density at radius 1 is 0.469 bits per heavy atom. The molecule has 64 heavy (non-hydrogen) atoms. The molecule has 0 aliphatic heterocycles. The van der Waals surface area contributed by atoms with Gasteiger partial charge < -0.3 is 20.1 Å². The third-order valence-electron chi connectivity index (χ3n) is 11.7. The van der Waals surface area contributed by atoms with Gasteiger partial charge in [0.2, 0.25) is 0 Å². The fraction of sp³-hybridized carbons (Fsp3) is 0.836. The van der Waals surface area contributed by atoms with E-state index in [-0.39, 0.29) is 32.3 Å². The maximum absolute atomic E-state index is 12.7. The molecule has 0 rings (SSSR count). The Labute approximate surface area is 396 Å². The van der Waals surface area contributed by atoms with Gasteiger partial charge in [0.1, 0.15) is 6.10 Å². The van der Waals surface area contributed by atoms with E-state index in [1.165, 1.54) is 186 Å². The van der Waals surface area contributed by atoms with Crippen molar-refractivity contribution in [2.75, 3.05) is 33.0 Å². The Kier molecular flexibility index (Phi) is 51.2. The van der Waals surface area contributed by atoms with Gasteiger partial charge in [-0.15, -0.1) is 0 Å². The maximum atomic E-state index is 12.7. The van der Waals surface area contributed by atoms with Crippen LogP contribution in [0, 0.1) is 0 Å². The van der Waals surface area contributed by atoms with Crippen LogP contribution in [-0.2, 0) is 27.9 Å². The number of phosphoric acid groups is 1. The summed E-state index contributed by atoms with van der Waals surface area (Å²) in [6, 6.07) is 0. The molecule has 2 atom stereocenters. The van der Waals surface area contributed by atoms with Crippen molar-refractivity contribution in [3.8, 4) is 0 Å². The van der Waals surface area contributed by atoms with Crippen molar-refractivity contribution in [3.05, 3.63) is 48.6 Å². The maximum Gasteiger partial charge on any atom is 0.472 e. The third kappa shape index (κ3) is 51.4. The molecule has 0 saturated carbocycles. The number of nitrogens with two attached hydrogens (primary N) is 1. The van der Waals surface area contributed by atoms with E-state index in [0.29, 0.717) is 13.0 Å². The quantitative estimate of drug-likeness (QED) is 0.0268. The van der Waals surface area contributed by atoms with E-state index in [1.54, 1.807) is 0 Å². The molecule has 2 unspecified atom stereocenters. The second-order valence-electron chi connectivity index (χ2n) is 18.1. The van der Waals surface area contributed by atoms with E-state index in [4.69, 9.17) is 24.3 Å². The van der Waals surface area contributed by atoms with Gasteiger partial charge in [0.25, 0.3) is 0 Å². The molecule has 3 N–H and O–H groups in total. The van der Waals surface area contributed by atoms with Gasteiger partial charge in [-0.25, -0.2) is 4.57 Å². The number of carbonyl (C=O) groups is 1. The second kappa shape index (κ2) is 52.4. The fourth-order valence-corrected chi connectivity index (χ4v) is 8.47. The summed E-state index contributed by atoms with van der Waals surface area (Å²) in [5.74, 6) is -0.332. The van der Waals surface area contributed by atoms with Gasteiger partial charge in [0.15, 0.2) is 0 Å². The summed E-state index contributed by atoms with van der Waals surface area (Å²) in [4.78, 5) is 22.6. The van der Waals surface area contributed by atoms with E-state index < -0.39 is 13.9 Å². The molecule has 0 bridgehead atoms. The van der Waals surface area contributed by atoms with Crippen LogP contribution < -0.4 is 5.73 Å². The lowest BCUT2D eigenvalue weighted by Gasteiger charge is -2.20. The summed E-state index contributed by atoms with van der Waals surface area (Å²) < 4.78 is 33.6. The average molecular weight is 922 g/mol. The number of hydrogen-bond acceptors (Lipinski definition) is 7. The summed E-state index contributed by atoms with van der Waals surface area (Å²) in [6.45, 7) is 4.92.